The molecule has 0 amide bonds. The number of hydrogen-bond donors (Lipinski definition) is 2. The number of rotatable bonds is 8. The van der Waals surface area contributed by atoms with Crippen LogP contribution in [0.1, 0.15) is 11.1 Å². The van der Waals surface area contributed by atoms with Crippen LogP contribution in [-0.4, -0.2) is 25.0 Å². The highest BCUT2D eigenvalue weighted by atomic mass is 35.5. The van der Waals surface area contributed by atoms with Gasteiger partial charge in [0.2, 0.25) is 0 Å². The van der Waals surface area contributed by atoms with Gasteiger partial charge in [0, 0.05) is 17.1 Å². The Morgan fingerprint density at radius 2 is 1.93 bits per heavy atom. The molecule has 0 fully saturated rings. The lowest BCUT2D eigenvalue weighted by Gasteiger charge is -2.13. The van der Waals surface area contributed by atoms with Crippen molar-refractivity contribution in [1.29, 1.82) is 0 Å². The van der Waals surface area contributed by atoms with Gasteiger partial charge in [-0.2, -0.15) is 5.10 Å². The van der Waals surface area contributed by atoms with E-state index in [4.69, 9.17) is 56.5 Å². The molecule has 5 nitrogen and oxygen atoms in total. The van der Waals surface area contributed by atoms with Crippen LogP contribution in [0, 0.1) is 0 Å². The first kappa shape index (κ1) is 22.3. The van der Waals surface area contributed by atoms with Crippen molar-refractivity contribution in [2.45, 2.75) is 6.61 Å². The number of thiocarbonyl (C=S) groups is 1. The number of halogens is 3. The average molecular weight is 459 g/mol. The first-order chi connectivity index (χ1) is 13.5. The summed E-state index contributed by atoms with van der Waals surface area (Å²) in [7, 11) is 1.55. The van der Waals surface area contributed by atoms with Crippen LogP contribution in [0.25, 0.3) is 0 Å². The third kappa shape index (κ3) is 6.27. The van der Waals surface area contributed by atoms with Gasteiger partial charge in [0.05, 0.1) is 23.4 Å². The van der Waals surface area contributed by atoms with Crippen LogP contribution in [0.2, 0.25) is 15.1 Å². The predicted octanol–water partition coefficient (Wildman–Crippen LogP) is 5.22. The van der Waals surface area contributed by atoms with Gasteiger partial charge in [0.15, 0.2) is 16.6 Å². The number of hydrogen-bond acceptors (Lipinski definition) is 4. The van der Waals surface area contributed by atoms with Crippen molar-refractivity contribution in [3.05, 3.63) is 69.2 Å². The van der Waals surface area contributed by atoms with Gasteiger partial charge in [-0.25, -0.2) is 0 Å². The Labute approximate surface area is 184 Å². The van der Waals surface area contributed by atoms with Crippen molar-refractivity contribution in [3.8, 4) is 11.5 Å². The van der Waals surface area contributed by atoms with Crippen molar-refractivity contribution >= 4 is 58.3 Å². The Morgan fingerprint density at radius 1 is 1.18 bits per heavy atom. The quantitative estimate of drug-likeness (QED) is 0.187. The number of benzene rings is 2. The zero-order chi connectivity index (χ0) is 20.5. The SMILES string of the molecule is C=CCNC(=S)N/N=C\c1ccc(OCc2c(Cl)ccc(Cl)c2Cl)c(OC)c1. The Hall–Kier alpha value is -1.99. The third-order valence-corrected chi connectivity index (χ3v) is 4.92. The van der Waals surface area contributed by atoms with E-state index in [0.717, 1.165) is 5.56 Å². The van der Waals surface area contributed by atoms with Crippen molar-refractivity contribution in [2.24, 2.45) is 5.10 Å². The first-order valence-electron chi connectivity index (χ1n) is 8.07. The van der Waals surface area contributed by atoms with Gasteiger partial charge < -0.3 is 14.8 Å². The third-order valence-electron chi connectivity index (χ3n) is 3.49. The minimum Gasteiger partial charge on any atom is -0.493 e. The predicted molar refractivity (Wildman–Crippen MR) is 120 cm³/mol. The lowest BCUT2D eigenvalue weighted by molar-refractivity contribution is 0.284. The Balaban J connectivity index is 2.06. The maximum atomic E-state index is 6.21. The Kier molecular flexibility index (Phi) is 8.86. The molecule has 148 valence electrons. The molecule has 0 saturated heterocycles. The zero-order valence-electron chi connectivity index (χ0n) is 15.0. The number of hydrazone groups is 1. The highest BCUT2D eigenvalue weighted by molar-refractivity contribution is 7.80. The molecule has 0 heterocycles. The number of nitrogens with one attached hydrogen (secondary N) is 2. The molecule has 0 saturated carbocycles. The molecule has 0 spiro atoms. The molecule has 0 aliphatic rings. The fourth-order valence-electron chi connectivity index (χ4n) is 2.10. The summed E-state index contributed by atoms with van der Waals surface area (Å²) in [6.07, 6.45) is 3.31. The lowest BCUT2D eigenvalue weighted by Crippen LogP contribution is -2.31. The van der Waals surface area contributed by atoms with Crippen LogP contribution < -0.4 is 20.2 Å². The molecule has 2 aromatic carbocycles. The molecule has 0 aromatic heterocycles. The number of nitrogens with zero attached hydrogens (tertiary/aromatic N) is 1. The lowest BCUT2D eigenvalue weighted by atomic mass is 10.2. The maximum Gasteiger partial charge on any atom is 0.187 e. The van der Waals surface area contributed by atoms with E-state index in [9.17, 15) is 0 Å². The summed E-state index contributed by atoms with van der Waals surface area (Å²) in [6, 6.07) is 8.68. The van der Waals surface area contributed by atoms with Crippen LogP contribution in [-0.2, 0) is 6.61 Å². The van der Waals surface area contributed by atoms with E-state index >= 15 is 0 Å². The summed E-state index contributed by atoms with van der Waals surface area (Å²) in [5.41, 5.74) is 4.11. The summed E-state index contributed by atoms with van der Waals surface area (Å²) in [5.74, 6) is 1.06. The summed E-state index contributed by atoms with van der Waals surface area (Å²) < 4.78 is 11.2. The van der Waals surface area contributed by atoms with Crippen LogP contribution >= 0.6 is 47.0 Å². The molecule has 2 rings (SSSR count). The second kappa shape index (κ2) is 11.1. The highest BCUT2D eigenvalue weighted by Gasteiger charge is 2.12. The van der Waals surface area contributed by atoms with Gasteiger partial charge in [-0.3, -0.25) is 5.43 Å². The van der Waals surface area contributed by atoms with Gasteiger partial charge >= 0.3 is 0 Å². The van der Waals surface area contributed by atoms with Crippen molar-refractivity contribution in [3.63, 3.8) is 0 Å². The molecular formula is C19H18Cl3N3O2S. The van der Waals surface area contributed by atoms with Crippen molar-refractivity contribution < 1.29 is 9.47 Å². The van der Waals surface area contributed by atoms with Crippen molar-refractivity contribution in [1.82, 2.24) is 10.7 Å². The van der Waals surface area contributed by atoms with E-state index in [1.165, 1.54) is 0 Å². The molecule has 0 radical (unpaired) electrons. The molecular weight excluding hydrogens is 441 g/mol. The van der Waals surface area contributed by atoms with Crippen LogP contribution in [0.5, 0.6) is 11.5 Å². The van der Waals surface area contributed by atoms with Gasteiger partial charge in [0.25, 0.3) is 0 Å². The van der Waals surface area contributed by atoms with E-state index < -0.39 is 0 Å². The molecule has 0 atom stereocenters. The Morgan fingerprint density at radius 3 is 2.64 bits per heavy atom. The zero-order valence-corrected chi connectivity index (χ0v) is 18.1. The summed E-state index contributed by atoms with van der Waals surface area (Å²) in [6.45, 7) is 4.30. The summed E-state index contributed by atoms with van der Waals surface area (Å²) >= 11 is 23.5. The molecule has 2 aromatic rings. The van der Waals surface area contributed by atoms with E-state index in [1.807, 2.05) is 6.07 Å². The minimum atomic E-state index is 0.146. The molecule has 0 aliphatic carbocycles. The monoisotopic (exact) mass is 457 g/mol. The molecule has 28 heavy (non-hydrogen) atoms. The fraction of sp³-hybridized carbons (Fsp3) is 0.158. The van der Waals surface area contributed by atoms with Crippen LogP contribution in [0.4, 0.5) is 0 Å². The molecule has 0 bridgehead atoms. The normalized spacial score (nSPS) is 10.6. The van der Waals surface area contributed by atoms with Gasteiger partial charge in [0.1, 0.15) is 6.61 Å². The second-order valence-corrected chi connectivity index (χ2v) is 6.99. The van der Waals surface area contributed by atoms with E-state index in [1.54, 1.807) is 43.7 Å². The topological polar surface area (TPSA) is 54.9 Å². The number of methoxy groups -OCH3 is 1. The van der Waals surface area contributed by atoms with Gasteiger partial charge in [-0.1, -0.05) is 40.9 Å². The van der Waals surface area contributed by atoms with Gasteiger partial charge in [-0.15, -0.1) is 6.58 Å². The second-order valence-electron chi connectivity index (χ2n) is 5.39. The van der Waals surface area contributed by atoms with E-state index in [2.05, 4.69) is 22.4 Å². The maximum absolute atomic E-state index is 6.21. The number of ether oxygens (including phenoxy) is 2. The molecule has 2 N–H and O–H groups in total. The van der Waals surface area contributed by atoms with E-state index in [0.29, 0.717) is 43.8 Å². The molecule has 9 heteroatoms. The van der Waals surface area contributed by atoms with Gasteiger partial charge in [-0.05, 0) is 48.1 Å². The average Bonchev–Trinajstić information content (AvgIpc) is 2.69. The van der Waals surface area contributed by atoms with Crippen molar-refractivity contribution in [2.75, 3.05) is 13.7 Å². The summed E-state index contributed by atoms with van der Waals surface area (Å²) in [5, 5.41) is 8.63. The fourth-order valence-corrected chi connectivity index (χ4v) is 2.90. The van der Waals surface area contributed by atoms with Crippen LogP contribution in [0.15, 0.2) is 48.1 Å². The van der Waals surface area contributed by atoms with Crippen LogP contribution in [0.3, 0.4) is 0 Å². The molecule has 0 unspecified atom stereocenters. The summed E-state index contributed by atoms with van der Waals surface area (Å²) in [4.78, 5) is 0. The Bertz CT molecular complexity index is 891. The molecule has 0 aliphatic heterocycles. The standard InChI is InChI=1S/C19H18Cl3N3O2S/c1-3-8-23-19(28)25-24-10-12-4-7-16(17(9-12)26-2)27-11-13-14(20)5-6-15(21)18(13)22/h3-7,9-10H,1,8,11H2,2H3,(H2,23,25,28)/b24-10-. The first-order valence-corrected chi connectivity index (χ1v) is 9.61. The highest BCUT2D eigenvalue weighted by Crippen LogP contribution is 2.34. The minimum absolute atomic E-state index is 0.146. The van der Waals surface area contributed by atoms with E-state index in [-0.39, 0.29) is 6.61 Å². The largest absolute Gasteiger partial charge is 0.493 e. The smallest absolute Gasteiger partial charge is 0.187 e.